The maximum atomic E-state index is 13.8. The van der Waals surface area contributed by atoms with E-state index in [2.05, 4.69) is 10.1 Å². The van der Waals surface area contributed by atoms with Gasteiger partial charge in [-0.15, -0.1) is 0 Å². The van der Waals surface area contributed by atoms with Crippen molar-refractivity contribution in [3.8, 4) is 0 Å². The number of rotatable bonds is 2. The van der Waals surface area contributed by atoms with Gasteiger partial charge in [0.2, 0.25) is 5.89 Å². The molecule has 1 atom stereocenters. The summed E-state index contributed by atoms with van der Waals surface area (Å²) in [6.45, 7) is 5.81. The molecule has 4 nitrogen and oxygen atoms in total. The second-order valence-corrected chi connectivity index (χ2v) is 5.73. The fourth-order valence-corrected chi connectivity index (χ4v) is 1.88. The van der Waals surface area contributed by atoms with E-state index < -0.39 is 11.9 Å². The summed E-state index contributed by atoms with van der Waals surface area (Å²) >= 11 is 5.96. The lowest BCUT2D eigenvalue weighted by Gasteiger charge is -2.12. The molecule has 0 amide bonds. The Labute approximate surface area is 115 Å². The highest BCUT2D eigenvalue weighted by atomic mass is 35.5. The summed E-state index contributed by atoms with van der Waals surface area (Å²) in [6.07, 6.45) is 0. The number of benzene rings is 1. The highest BCUT2D eigenvalue weighted by Crippen LogP contribution is 2.29. The number of hydrogen-bond donors (Lipinski definition) is 1. The molecule has 1 heterocycles. The van der Waals surface area contributed by atoms with Crippen LogP contribution in [0.25, 0.3) is 0 Å². The molecule has 0 radical (unpaired) electrons. The van der Waals surface area contributed by atoms with E-state index in [1.54, 1.807) is 6.07 Å². The Morgan fingerprint density at radius 2 is 2.05 bits per heavy atom. The van der Waals surface area contributed by atoms with Crippen LogP contribution in [-0.4, -0.2) is 10.1 Å². The van der Waals surface area contributed by atoms with Gasteiger partial charge in [0.15, 0.2) is 5.82 Å². The lowest BCUT2D eigenvalue weighted by molar-refractivity contribution is 0.317. The van der Waals surface area contributed by atoms with Gasteiger partial charge < -0.3 is 10.3 Å². The summed E-state index contributed by atoms with van der Waals surface area (Å²) < 4.78 is 18.9. The molecule has 102 valence electrons. The lowest BCUT2D eigenvalue weighted by Crippen LogP contribution is -2.17. The van der Waals surface area contributed by atoms with Gasteiger partial charge >= 0.3 is 0 Å². The van der Waals surface area contributed by atoms with E-state index in [1.807, 2.05) is 20.8 Å². The van der Waals surface area contributed by atoms with Crippen molar-refractivity contribution in [2.24, 2.45) is 5.73 Å². The number of nitrogens with two attached hydrogens (primary N) is 1. The van der Waals surface area contributed by atoms with Gasteiger partial charge in [0, 0.05) is 16.0 Å². The normalized spacial score (nSPS) is 13.6. The first-order valence-corrected chi connectivity index (χ1v) is 6.22. The molecule has 0 saturated carbocycles. The molecule has 0 bridgehead atoms. The van der Waals surface area contributed by atoms with Crippen molar-refractivity contribution in [1.29, 1.82) is 0 Å². The summed E-state index contributed by atoms with van der Waals surface area (Å²) in [6, 6.07) is 3.54. The zero-order valence-corrected chi connectivity index (χ0v) is 11.7. The van der Waals surface area contributed by atoms with Gasteiger partial charge in [-0.2, -0.15) is 4.98 Å². The van der Waals surface area contributed by atoms with Crippen LogP contribution in [0.15, 0.2) is 22.7 Å². The molecule has 0 aliphatic rings. The largest absolute Gasteiger partial charge is 0.339 e. The molecule has 2 N–H and O–H groups in total. The minimum absolute atomic E-state index is 0.172. The Bertz CT molecular complexity index is 572. The Morgan fingerprint density at radius 3 is 2.58 bits per heavy atom. The van der Waals surface area contributed by atoms with E-state index in [0.29, 0.717) is 5.89 Å². The van der Waals surface area contributed by atoms with Crippen LogP contribution in [0.3, 0.4) is 0 Å². The molecular formula is C13H15ClFN3O. The second kappa shape index (κ2) is 4.90. The summed E-state index contributed by atoms with van der Waals surface area (Å²) in [5.74, 6) is 0.185. The van der Waals surface area contributed by atoms with Gasteiger partial charge in [0.25, 0.3) is 0 Å². The van der Waals surface area contributed by atoms with Crippen molar-refractivity contribution in [1.82, 2.24) is 10.1 Å². The summed E-state index contributed by atoms with van der Waals surface area (Å²) in [7, 11) is 0. The summed E-state index contributed by atoms with van der Waals surface area (Å²) in [4.78, 5) is 4.21. The molecule has 0 aliphatic heterocycles. The highest BCUT2D eigenvalue weighted by Gasteiger charge is 2.26. The van der Waals surface area contributed by atoms with Gasteiger partial charge in [-0.1, -0.05) is 43.6 Å². The minimum atomic E-state index is -0.853. The molecule has 2 aromatic rings. The Morgan fingerprint density at radius 1 is 1.37 bits per heavy atom. The molecule has 0 aliphatic carbocycles. The molecule has 19 heavy (non-hydrogen) atoms. The van der Waals surface area contributed by atoms with E-state index in [4.69, 9.17) is 21.9 Å². The second-order valence-electron chi connectivity index (χ2n) is 5.32. The van der Waals surface area contributed by atoms with Gasteiger partial charge in [-0.3, -0.25) is 0 Å². The molecule has 2 rings (SSSR count). The maximum Gasteiger partial charge on any atom is 0.232 e. The molecule has 0 saturated heterocycles. The molecule has 1 aromatic carbocycles. The summed E-state index contributed by atoms with van der Waals surface area (Å²) in [5, 5.41) is 4.05. The molecule has 1 aromatic heterocycles. The first kappa shape index (κ1) is 14.0. The van der Waals surface area contributed by atoms with Crippen molar-refractivity contribution in [2.45, 2.75) is 32.2 Å². The number of nitrogens with zero attached hydrogens (tertiary/aromatic N) is 2. The van der Waals surface area contributed by atoms with E-state index in [-0.39, 0.29) is 21.8 Å². The third kappa shape index (κ3) is 2.77. The zero-order valence-electron chi connectivity index (χ0n) is 10.9. The summed E-state index contributed by atoms with van der Waals surface area (Å²) in [5.41, 5.74) is 5.85. The van der Waals surface area contributed by atoms with Crippen LogP contribution in [0.5, 0.6) is 0 Å². The van der Waals surface area contributed by atoms with Crippen LogP contribution in [0.1, 0.15) is 44.1 Å². The zero-order chi connectivity index (χ0) is 14.2. The average Bonchev–Trinajstić information content (AvgIpc) is 2.77. The smallest absolute Gasteiger partial charge is 0.232 e. The fourth-order valence-electron chi connectivity index (χ4n) is 1.60. The van der Waals surface area contributed by atoms with Gasteiger partial charge in [-0.05, 0) is 12.1 Å². The Balaban J connectivity index is 2.40. The number of hydrogen-bond acceptors (Lipinski definition) is 4. The highest BCUT2D eigenvalue weighted by molar-refractivity contribution is 6.31. The van der Waals surface area contributed by atoms with Gasteiger partial charge in [0.1, 0.15) is 5.82 Å². The monoisotopic (exact) mass is 283 g/mol. The third-order valence-electron chi connectivity index (χ3n) is 2.67. The topological polar surface area (TPSA) is 64.9 Å². The van der Waals surface area contributed by atoms with Crippen molar-refractivity contribution < 1.29 is 8.91 Å². The van der Waals surface area contributed by atoms with Crippen LogP contribution in [-0.2, 0) is 5.41 Å². The first-order chi connectivity index (χ1) is 8.80. The standard InChI is InChI=1S/C13H15ClFN3O/c1-13(2,3)12-17-11(18-19-12)10(16)9-7(14)5-4-6-8(9)15/h4-6,10H,16H2,1-3H3. The Hall–Kier alpha value is -1.46. The van der Waals surface area contributed by atoms with Crippen LogP contribution in [0, 0.1) is 5.82 Å². The third-order valence-corrected chi connectivity index (χ3v) is 3.00. The quantitative estimate of drug-likeness (QED) is 0.919. The molecule has 6 heteroatoms. The first-order valence-electron chi connectivity index (χ1n) is 5.84. The minimum Gasteiger partial charge on any atom is -0.339 e. The van der Waals surface area contributed by atoms with E-state index >= 15 is 0 Å². The van der Waals surface area contributed by atoms with Crippen LogP contribution in [0.4, 0.5) is 4.39 Å². The van der Waals surface area contributed by atoms with E-state index in [1.165, 1.54) is 12.1 Å². The van der Waals surface area contributed by atoms with E-state index in [9.17, 15) is 4.39 Å². The maximum absolute atomic E-state index is 13.8. The van der Waals surface area contributed by atoms with Gasteiger partial charge in [0.05, 0.1) is 6.04 Å². The van der Waals surface area contributed by atoms with E-state index in [0.717, 1.165) is 0 Å². The SMILES string of the molecule is CC(C)(C)c1nc(C(N)c2c(F)cccc2Cl)no1. The predicted octanol–water partition coefficient (Wildman–Crippen LogP) is 3.21. The lowest BCUT2D eigenvalue weighted by atomic mass is 9.97. The van der Waals surface area contributed by atoms with Crippen molar-refractivity contribution in [3.63, 3.8) is 0 Å². The van der Waals surface area contributed by atoms with Gasteiger partial charge in [-0.25, -0.2) is 4.39 Å². The molecule has 1 unspecified atom stereocenters. The molecular weight excluding hydrogens is 269 g/mol. The van der Waals surface area contributed by atoms with Crippen molar-refractivity contribution in [3.05, 3.63) is 46.3 Å². The molecule has 0 fully saturated rings. The van der Waals surface area contributed by atoms with Crippen LogP contribution >= 0.6 is 11.6 Å². The van der Waals surface area contributed by atoms with Crippen molar-refractivity contribution in [2.75, 3.05) is 0 Å². The predicted molar refractivity (Wildman–Crippen MR) is 70.4 cm³/mol. The average molecular weight is 284 g/mol. The molecule has 0 spiro atoms. The Kier molecular flexibility index (Phi) is 3.60. The van der Waals surface area contributed by atoms with Crippen LogP contribution in [0.2, 0.25) is 5.02 Å². The number of halogens is 2. The van der Waals surface area contributed by atoms with Crippen molar-refractivity contribution >= 4 is 11.6 Å². The fraction of sp³-hybridized carbons (Fsp3) is 0.385. The number of aromatic nitrogens is 2. The van der Waals surface area contributed by atoms with Crippen LogP contribution < -0.4 is 5.73 Å².